The van der Waals surface area contributed by atoms with Crippen molar-refractivity contribution in [1.82, 2.24) is 16.0 Å². The van der Waals surface area contributed by atoms with Gasteiger partial charge >= 0.3 is 12.0 Å². The molecule has 0 radical (unpaired) electrons. The van der Waals surface area contributed by atoms with Gasteiger partial charge in [-0.2, -0.15) is 11.3 Å². The molecule has 0 spiro atoms. The average molecular weight is 393 g/mol. The summed E-state index contributed by atoms with van der Waals surface area (Å²) in [5.41, 5.74) is 0.574. The maximum Gasteiger partial charge on any atom is 0.321 e. The summed E-state index contributed by atoms with van der Waals surface area (Å²) in [4.78, 5) is 46.3. The van der Waals surface area contributed by atoms with Gasteiger partial charge in [0.05, 0.1) is 12.8 Å². The molecule has 3 N–H and O–H groups in total. The van der Waals surface area contributed by atoms with E-state index in [2.05, 4.69) is 10.6 Å². The topological polar surface area (TPSA) is 127 Å². The molecule has 9 nitrogen and oxygen atoms in total. The fourth-order valence-corrected chi connectivity index (χ4v) is 2.57. The van der Waals surface area contributed by atoms with E-state index in [9.17, 15) is 19.2 Å². The highest BCUT2D eigenvalue weighted by molar-refractivity contribution is 7.08. The Morgan fingerprint density at radius 3 is 2.70 bits per heavy atom. The van der Waals surface area contributed by atoms with Crippen LogP contribution in [0.15, 0.2) is 39.6 Å². The summed E-state index contributed by atoms with van der Waals surface area (Å²) in [5, 5.41) is 10.7. The summed E-state index contributed by atoms with van der Waals surface area (Å²) < 4.78 is 9.80. The number of amides is 4. The number of esters is 1. The van der Waals surface area contributed by atoms with Gasteiger partial charge in [0.25, 0.3) is 11.8 Å². The van der Waals surface area contributed by atoms with Crippen LogP contribution in [0.1, 0.15) is 29.0 Å². The number of nitrogens with one attached hydrogen (secondary N) is 3. The van der Waals surface area contributed by atoms with E-state index in [1.165, 1.54) is 17.6 Å². The molecular weight excluding hydrogens is 374 g/mol. The van der Waals surface area contributed by atoms with Crippen LogP contribution in [-0.4, -0.2) is 37.0 Å². The quantitative estimate of drug-likeness (QED) is 0.437. The average Bonchev–Trinajstić information content (AvgIpc) is 3.35. The highest BCUT2D eigenvalue weighted by atomic mass is 32.1. The molecule has 0 saturated heterocycles. The zero-order chi connectivity index (χ0) is 19.5. The van der Waals surface area contributed by atoms with Crippen molar-refractivity contribution in [2.45, 2.75) is 19.4 Å². The lowest BCUT2D eigenvalue weighted by atomic mass is 10.3. The molecule has 0 saturated carbocycles. The first-order valence-corrected chi connectivity index (χ1v) is 9.05. The van der Waals surface area contributed by atoms with Gasteiger partial charge in [0, 0.05) is 23.9 Å². The van der Waals surface area contributed by atoms with Crippen molar-refractivity contribution >= 4 is 35.2 Å². The second-order valence-corrected chi connectivity index (χ2v) is 6.12. The van der Waals surface area contributed by atoms with Gasteiger partial charge in [0.1, 0.15) is 5.76 Å². The van der Waals surface area contributed by atoms with Crippen LogP contribution in [0.3, 0.4) is 0 Å². The number of carbonyl (C=O) groups excluding carboxylic acids is 4. The third kappa shape index (κ3) is 7.74. The number of furan rings is 1. The minimum atomic E-state index is -0.744. The van der Waals surface area contributed by atoms with E-state index in [1.54, 1.807) is 29.0 Å². The number of rotatable bonds is 9. The van der Waals surface area contributed by atoms with Gasteiger partial charge in [-0.3, -0.25) is 19.7 Å². The van der Waals surface area contributed by atoms with E-state index >= 15 is 0 Å². The van der Waals surface area contributed by atoms with Gasteiger partial charge in [0.15, 0.2) is 6.61 Å². The van der Waals surface area contributed by atoms with Crippen LogP contribution in [0.2, 0.25) is 0 Å². The van der Waals surface area contributed by atoms with Crippen LogP contribution in [0.4, 0.5) is 4.79 Å². The van der Waals surface area contributed by atoms with Crippen molar-refractivity contribution in [2.75, 3.05) is 13.2 Å². The monoisotopic (exact) mass is 393 g/mol. The Morgan fingerprint density at radius 2 is 2.00 bits per heavy atom. The number of urea groups is 1. The summed E-state index contributed by atoms with van der Waals surface area (Å²) in [5.74, 6) is -1.00. The standard InChI is InChI=1S/C17H19N3O6S/c21-14(20-17(24)19-9-13-3-2-7-25-13)10-26-15(22)4-1-6-18-16(23)12-5-8-27-11-12/h2-3,5,7-8,11H,1,4,6,9-10H2,(H,18,23)(H2,19,20,21,24). The van der Waals surface area contributed by atoms with Crippen molar-refractivity contribution in [3.63, 3.8) is 0 Å². The second kappa shape index (κ2) is 10.8. The molecule has 0 bridgehead atoms. The smallest absolute Gasteiger partial charge is 0.321 e. The lowest BCUT2D eigenvalue weighted by Crippen LogP contribution is -2.41. The second-order valence-electron chi connectivity index (χ2n) is 5.34. The molecular formula is C17H19N3O6S. The Kier molecular flexibility index (Phi) is 8.04. The lowest BCUT2D eigenvalue weighted by Gasteiger charge is -2.07. The maximum absolute atomic E-state index is 11.7. The van der Waals surface area contributed by atoms with Gasteiger partial charge in [-0.25, -0.2) is 4.79 Å². The van der Waals surface area contributed by atoms with Crippen molar-refractivity contribution < 1.29 is 28.3 Å². The first-order chi connectivity index (χ1) is 13.0. The van der Waals surface area contributed by atoms with Crippen LogP contribution in [0.5, 0.6) is 0 Å². The van der Waals surface area contributed by atoms with Crippen LogP contribution in [-0.2, 0) is 20.9 Å². The van der Waals surface area contributed by atoms with Crippen molar-refractivity contribution in [3.05, 3.63) is 46.5 Å². The minimum Gasteiger partial charge on any atom is -0.467 e. The van der Waals surface area contributed by atoms with E-state index in [-0.39, 0.29) is 18.9 Å². The highest BCUT2D eigenvalue weighted by Gasteiger charge is 2.11. The van der Waals surface area contributed by atoms with Gasteiger partial charge in [-0.1, -0.05) is 0 Å². The minimum absolute atomic E-state index is 0.0435. The van der Waals surface area contributed by atoms with Gasteiger partial charge in [0.2, 0.25) is 0 Å². The van der Waals surface area contributed by atoms with Crippen molar-refractivity contribution in [3.8, 4) is 0 Å². The molecule has 0 aromatic carbocycles. The number of hydrogen-bond donors (Lipinski definition) is 3. The fraction of sp³-hybridized carbons (Fsp3) is 0.294. The number of imide groups is 1. The van der Waals surface area contributed by atoms with E-state index in [0.717, 1.165) is 0 Å². The van der Waals surface area contributed by atoms with Gasteiger partial charge in [-0.15, -0.1) is 0 Å². The summed E-state index contributed by atoms with van der Waals surface area (Å²) in [6.07, 6.45) is 1.88. The largest absolute Gasteiger partial charge is 0.467 e. The molecule has 2 heterocycles. The van der Waals surface area contributed by atoms with Crippen LogP contribution >= 0.6 is 11.3 Å². The molecule has 2 aromatic heterocycles. The Balaban J connectivity index is 1.52. The highest BCUT2D eigenvalue weighted by Crippen LogP contribution is 2.05. The third-order valence-corrected chi connectivity index (χ3v) is 3.93. The zero-order valence-electron chi connectivity index (χ0n) is 14.4. The molecule has 0 aliphatic heterocycles. The molecule has 0 aliphatic rings. The maximum atomic E-state index is 11.7. The summed E-state index contributed by atoms with van der Waals surface area (Å²) >= 11 is 1.42. The van der Waals surface area contributed by atoms with Gasteiger partial charge < -0.3 is 19.8 Å². The Bertz CT molecular complexity index is 758. The molecule has 2 rings (SSSR count). The molecule has 0 aliphatic carbocycles. The van der Waals surface area contributed by atoms with Crippen LogP contribution in [0, 0.1) is 0 Å². The first kappa shape index (κ1) is 20.2. The summed E-state index contributed by atoms with van der Waals surface area (Å²) in [6, 6.07) is 4.33. The van der Waals surface area contributed by atoms with E-state index < -0.39 is 24.5 Å². The molecule has 4 amide bonds. The molecule has 10 heteroatoms. The van der Waals surface area contributed by atoms with Crippen molar-refractivity contribution in [1.29, 1.82) is 0 Å². The summed E-state index contributed by atoms with van der Waals surface area (Å²) in [7, 11) is 0. The Labute approximate surface area is 159 Å². The fourth-order valence-electron chi connectivity index (χ4n) is 1.94. The SMILES string of the molecule is O=C(COC(=O)CCCNC(=O)c1ccsc1)NC(=O)NCc1ccco1. The Hall–Kier alpha value is -3.14. The molecule has 2 aromatic rings. The van der Waals surface area contributed by atoms with E-state index in [1.807, 2.05) is 5.32 Å². The van der Waals surface area contributed by atoms with Crippen LogP contribution < -0.4 is 16.0 Å². The van der Waals surface area contributed by atoms with Gasteiger partial charge in [-0.05, 0) is 30.0 Å². The zero-order valence-corrected chi connectivity index (χ0v) is 15.2. The number of thiophene rings is 1. The molecule has 0 fully saturated rings. The molecule has 0 atom stereocenters. The molecule has 144 valence electrons. The van der Waals surface area contributed by atoms with E-state index in [0.29, 0.717) is 24.3 Å². The van der Waals surface area contributed by atoms with Crippen LogP contribution in [0.25, 0.3) is 0 Å². The predicted molar refractivity (Wildman–Crippen MR) is 95.9 cm³/mol. The van der Waals surface area contributed by atoms with E-state index in [4.69, 9.17) is 9.15 Å². The number of hydrogen-bond acceptors (Lipinski definition) is 7. The normalized spacial score (nSPS) is 10.1. The Morgan fingerprint density at radius 1 is 1.15 bits per heavy atom. The first-order valence-electron chi connectivity index (χ1n) is 8.10. The number of ether oxygens (including phenoxy) is 1. The third-order valence-electron chi connectivity index (χ3n) is 3.25. The predicted octanol–water partition coefficient (Wildman–Crippen LogP) is 1.42. The summed E-state index contributed by atoms with van der Waals surface area (Å²) in [6.45, 7) is -0.123. The number of carbonyl (C=O) groups is 4. The lowest BCUT2D eigenvalue weighted by molar-refractivity contribution is -0.148. The van der Waals surface area contributed by atoms with Crippen molar-refractivity contribution in [2.24, 2.45) is 0 Å². The molecule has 0 unspecified atom stereocenters. The molecule has 27 heavy (non-hydrogen) atoms.